The SMILES string of the molecule is CC1(C)c2ccccc2-c2c(N(c3ccc(-c4cccc5sc6ccccc6c45)cc3)c3ccccc3-c3ccccc3)cc3ccccc3c21. The number of benzene rings is 8. The van der Waals surface area contributed by atoms with Crippen molar-refractivity contribution in [1.82, 2.24) is 0 Å². The lowest BCUT2D eigenvalue weighted by Crippen LogP contribution is -2.17. The van der Waals surface area contributed by atoms with E-state index in [0.29, 0.717) is 0 Å². The van der Waals surface area contributed by atoms with E-state index in [-0.39, 0.29) is 5.41 Å². The fourth-order valence-corrected chi connectivity index (χ4v) is 9.69. The summed E-state index contributed by atoms with van der Waals surface area (Å²) in [6, 6.07) is 64.8. The Morgan fingerprint density at radius 2 is 1.10 bits per heavy atom. The van der Waals surface area contributed by atoms with E-state index in [9.17, 15) is 0 Å². The van der Waals surface area contributed by atoms with Gasteiger partial charge in [-0.25, -0.2) is 0 Å². The Morgan fingerprint density at radius 1 is 0.471 bits per heavy atom. The van der Waals surface area contributed by atoms with Crippen LogP contribution in [-0.4, -0.2) is 0 Å². The molecule has 0 atom stereocenters. The summed E-state index contributed by atoms with van der Waals surface area (Å²) in [4.78, 5) is 2.51. The third kappa shape index (κ3) is 4.60. The van der Waals surface area contributed by atoms with Crippen molar-refractivity contribution in [3.8, 4) is 33.4 Å². The largest absolute Gasteiger partial charge is 0.309 e. The summed E-state index contributed by atoms with van der Waals surface area (Å²) < 4.78 is 2.65. The zero-order valence-electron chi connectivity index (χ0n) is 28.6. The van der Waals surface area contributed by atoms with Crippen LogP contribution in [0.1, 0.15) is 25.0 Å². The minimum atomic E-state index is -0.155. The zero-order valence-corrected chi connectivity index (χ0v) is 29.4. The molecule has 0 unspecified atom stereocenters. The number of fused-ring (bicyclic) bond motifs is 8. The number of nitrogens with zero attached hydrogens (tertiary/aromatic N) is 1. The van der Waals surface area contributed by atoms with E-state index >= 15 is 0 Å². The van der Waals surface area contributed by atoms with Crippen LogP contribution in [-0.2, 0) is 5.41 Å². The van der Waals surface area contributed by atoms with Gasteiger partial charge in [-0.15, -0.1) is 11.3 Å². The molecule has 9 aromatic rings. The van der Waals surface area contributed by atoms with E-state index in [1.807, 2.05) is 11.3 Å². The molecule has 1 aliphatic rings. The summed E-state index contributed by atoms with van der Waals surface area (Å²) in [5.74, 6) is 0. The molecule has 0 fully saturated rings. The van der Waals surface area contributed by atoms with E-state index in [0.717, 1.165) is 11.4 Å². The van der Waals surface area contributed by atoms with E-state index in [1.54, 1.807) is 0 Å². The number of anilines is 3. The number of hydrogen-bond acceptors (Lipinski definition) is 2. The van der Waals surface area contributed by atoms with Gasteiger partial charge >= 0.3 is 0 Å². The van der Waals surface area contributed by atoms with Crippen molar-refractivity contribution >= 4 is 59.3 Å². The Balaban J connectivity index is 1.25. The van der Waals surface area contributed by atoms with Crippen molar-refractivity contribution < 1.29 is 0 Å². The maximum Gasteiger partial charge on any atom is 0.0549 e. The molecular weight excluding hydrogens is 635 g/mol. The van der Waals surface area contributed by atoms with Gasteiger partial charge in [-0.1, -0.05) is 153 Å². The quantitative estimate of drug-likeness (QED) is 0.176. The van der Waals surface area contributed by atoms with Crippen molar-refractivity contribution in [1.29, 1.82) is 0 Å². The van der Waals surface area contributed by atoms with Gasteiger partial charge in [0.15, 0.2) is 0 Å². The molecule has 0 radical (unpaired) electrons. The molecule has 2 heteroatoms. The molecule has 0 aliphatic heterocycles. The third-order valence-electron chi connectivity index (χ3n) is 10.8. The predicted molar refractivity (Wildman–Crippen MR) is 220 cm³/mol. The molecule has 8 aromatic carbocycles. The van der Waals surface area contributed by atoms with Crippen molar-refractivity contribution in [2.75, 3.05) is 4.90 Å². The van der Waals surface area contributed by atoms with Crippen LogP contribution in [0.3, 0.4) is 0 Å². The van der Waals surface area contributed by atoms with Crippen molar-refractivity contribution in [3.63, 3.8) is 0 Å². The van der Waals surface area contributed by atoms with E-state index < -0.39 is 0 Å². The van der Waals surface area contributed by atoms with E-state index in [1.165, 1.54) is 81.1 Å². The second-order valence-corrected chi connectivity index (χ2v) is 15.2. The summed E-state index contributed by atoms with van der Waals surface area (Å²) >= 11 is 1.87. The molecule has 1 aliphatic carbocycles. The Morgan fingerprint density at radius 3 is 1.94 bits per heavy atom. The highest BCUT2D eigenvalue weighted by molar-refractivity contribution is 7.25. The topological polar surface area (TPSA) is 3.24 Å². The second kappa shape index (κ2) is 11.6. The highest BCUT2D eigenvalue weighted by Gasteiger charge is 2.39. The first-order chi connectivity index (χ1) is 25.1. The molecule has 0 saturated carbocycles. The Bertz CT molecular complexity index is 2770. The summed E-state index contributed by atoms with van der Waals surface area (Å²) in [5, 5.41) is 5.23. The van der Waals surface area contributed by atoms with Gasteiger partial charge in [0, 0.05) is 42.4 Å². The molecule has 242 valence electrons. The normalized spacial score (nSPS) is 13.1. The first kappa shape index (κ1) is 29.9. The molecule has 1 heterocycles. The molecule has 0 N–H and O–H groups in total. The van der Waals surface area contributed by atoms with Gasteiger partial charge in [0.2, 0.25) is 0 Å². The lowest BCUT2D eigenvalue weighted by molar-refractivity contribution is 0.666. The standard InChI is InChI=1S/C49H35NS/c1-49(2)41-23-11-8-20-39(41)47-43(31-34-17-6-7-19-38(34)48(47)49)50(42-24-12-9-18-36(42)32-15-4-3-5-16-32)35-29-27-33(28-30-35)37-22-14-26-45-46(37)40-21-10-13-25-44(40)51-45/h3-31H,1-2H3. The van der Waals surface area contributed by atoms with Crippen molar-refractivity contribution in [2.24, 2.45) is 0 Å². The molecule has 1 aromatic heterocycles. The smallest absolute Gasteiger partial charge is 0.0549 e. The maximum absolute atomic E-state index is 2.51. The van der Waals surface area contributed by atoms with Crippen molar-refractivity contribution in [3.05, 3.63) is 187 Å². The average molecular weight is 670 g/mol. The van der Waals surface area contributed by atoms with Crippen LogP contribution < -0.4 is 4.90 Å². The fraction of sp³-hybridized carbons (Fsp3) is 0.0612. The highest BCUT2D eigenvalue weighted by Crippen LogP contribution is 2.57. The number of hydrogen-bond donors (Lipinski definition) is 0. The Kier molecular flexibility index (Phi) is 6.78. The molecule has 10 rings (SSSR count). The lowest BCUT2D eigenvalue weighted by atomic mass is 9.80. The molecule has 0 amide bonds. The predicted octanol–water partition coefficient (Wildman–Crippen LogP) is 14.3. The number of rotatable bonds is 5. The molecule has 51 heavy (non-hydrogen) atoms. The minimum Gasteiger partial charge on any atom is -0.309 e. The van der Waals surface area contributed by atoms with Crippen LogP contribution in [0.2, 0.25) is 0 Å². The molecule has 0 saturated heterocycles. The molecule has 0 bridgehead atoms. The van der Waals surface area contributed by atoms with Gasteiger partial charge in [0.05, 0.1) is 11.4 Å². The first-order valence-electron chi connectivity index (χ1n) is 17.7. The minimum absolute atomic E-state index is 0.155. The van der Waals surface area contributed by atoms with Crippen LogP contribution in [0.25, 0.3) is 64.3 Å². The van der Waals surface area contributed by atoms with Crippen molar-refractivity contribution in [2.45, 2.75) is 19.3 Å². The van der Waals surface area contributed by atoms with E-state index in [2.05, 4.69) is 195 Å². The Labute approximate surface area is 302 Å². The van der Waals surface area contributed by atoms with Crippen LogP contribution in [0.5, 0.6) is 0 Å². The van der Waals surface area contributed by atoms with Gasteiger partial charge < -0.3 is 4.90 Å². The van der Waals surface area contributed by atoms with Gasteiger partial charge in [-0.3, -0.25) is 0 Å². The lowest BCUT2D eigenvalue weighted by Gasteiger charge is -2.31. The third-order valence-corrected chi connectivity index (χ3v) is 12.0. The van der Waals surface area contributed by atoms with Crippen LogP contribution in [0.15, 0.2) is 176 Å². The van der Waals surface area contributed by atoms with Gasteiger partial charge in [0.25, 0.3) is 0 Å². The summed E-state index contributed by atoms with van der Waals surface area (Å²) in [7, 11) is 0. The van der Waals surface area contributed by atoms with Gasteiger partial charge in [-0.05, 0) is 80.6 Å². The number of thiophene rings is 1. The molecule has 1 nitrogen and oxygen atoms in total. The van der Waals surface area contributed by atoms with E-state index in [4.69, 9.17) is 0 Å². The summed E-state index contributed by atoms with van der Waals surface area (Å²) in [6.07, 6.45) is 0. The summed E-state index contributed by atoms with van der Waals surface area (Å²) in [6.45, 7) is 4.78. The second-order valence-electron chi connectivity index (χ2n) is 14.1. The van der Waals surface area contributed by atoms with Crippen LogP contribution >= 0.6 is 11.3 Å². The summed E-state index contributed by atoms with van der Waals surface area (Å²) in [5.41, 5.74) is 13.6. The molecule has 0 spiro atoms. The zero-order chi connectivity index (χ0) is 34.1. The maximum atomic E-state index is 2.51. The Hall–Kier alpha value is -5.96. The van der Waals surface area contributed by atoms with Crippen LogP contribution in [0.4, 0.5) is 17.1 Å². The van der Waals surface area contributed by atoms with Gasteiger partial charge in [0.1, 0.15) is 0 Å². The highest BCUT2D eigenvalue weighted by atomic mass is 32.1. The fourth-order valence-electron chi connectivity index (χ4n) is 8.56. The molecular formula is C49H35NS. The first-order valence-corrected chi connectivity index (χ1v) is 18.5. The van der Waals surface area contributed by atoms with Gasteiger partial charge in [-0.2, -0.15) is 0 Å². The average Bonchev–Trinajstić information content (AvgIpc) is 3.68. The monoisotopic (exact) mass is 669 g/mol. The number of para-hydroxylation sites is 1. The van der Waals surface area contributed by atoms with Crippen LogP contribution in [0, 0.1) is 0 Å².